The van der Waals surface area contributed by atoms with Crippen LogP contribution in [-0.2, 0) is 0 Å². The van der Waals surface area contributed by atoms with E-state index in [1.807, 2.05) is 0 Å². The molecule has 1 nitrogen and oxygen atoms in total. The second-order valence-corrected chi connectivity index (χ2v) is 4.87. The van der Waals surface area contributed by atoms with Crippen LogP contribution in [0.2, 0.25) is 0 Å². The van der Waals surface area contributed by atoms with Gasteiger partial charge in [0.05, 0.1) is 0 Å². The van der Waals surface area contributed by atoms with Gasteiger partial charge in [0, 0.05) is 6.04 Å². The number of rotatable bonds is 4. The van der Waals surface area contributed by atoms with Crippen LogP contribution in [0.4, 0.5) is 4.39 Å². The van der Waals surface area contributed by atoms with Crippen molar-refractivity contribution in [2.24, 2.45) is 11.7 Å². The molecule has 0 aromatic heterocycles. The summed E-state index contributed by atoms with van der Waals surface area (Å²) in [7, 11) is 0. The normalized spacial score (nSPS) is 33.6. The van der Waals surface area contributed by atoms with E-state index < -0.39 is 5.67 Å². The number of hydrogen-bond acceptors (Lipinski definition) is 1. The Morgan fingerprint density at radius 2 is 1.79 bits per heavy atom. The first kappa shape index (κ1) is 12.0. The summed E-state index contributed by atoms with van der Waals surface area (Å²) in [6.45, 7) is 4.32. The summed E-state index contributed by atoms with van der Waals surface area (Å²) in [6.07, 6.45) is 6.08. The monoisotopic (exact) mass is 201 g/mol. The first-order chi connectivity index (χ1) is 6.59. The van der Waals surface area contributed by atoms with E-state index in [-0.39, 0.29) is 6.04 Å². The molecule has 2 N–H and O–H groups in total. The number of halogens is 1. The van der Waals surface area contributed by atoms with Gasteiger partial charge in [-0.05, 0) is 38.0 Å². The van der Waals surface area contributed by atoms with E-state index in [1.165, 1.54) is 0 Å². The molecule has 0 radical (unpaired) electrons. The second-order valence-electron chi connectivity index (χ2n) is 4.87. The molecule has 1 aliphatic carbocycles. The Hall–Kier alpha value is -0.110. The summed E-state index contributed by atoms with van der Waals surface area (Å²) in [5.41, 5.74) is 4.89. The largest absolute Gasteiger partial charge is 0.328 e. The maximum atomic E-state index is 14.3. The number of nitrogens with two attached hydrogens (primary N) is 1. The maximum Gasteiger partial charge on any atom is 0.111 e. The van der Waals surface area contributed by atoms with E-state index in [1.54, 1.807) is 0 Å². The van der Waals surface area contributed by atoms with E-state index in [0.717, 1.165) is 32.1 Å². The highest BCUT2D eigenvalue weighted by Gasteiger charge is 2.35. The molecule has 0 heterocycles. The average molecular weight is 201 g/mol. The quantitative estimate of drug-likeness (QED) is 0.741. The van der Waals surface area contributed by atoms with Crippen LogP contribution in [0.15, 0.2) is 0 Å². The minimum atomic E-state index is -0.896. The zero-order valence-electron chi connectivity index (χ0n) is 9.56. The van der Waals surface area contributed by atoms with Crippen LogP contribution < -0.4 is 5.73 Å². The van der Waals surface area contributed by atoms with Gasteiger partial charge in [0.25, 0.3) is 0 Å². The Labute approximate surface area is 87.3 Å². The van der Waals surface area contributed by atoms with Crippen molar-refractivity contribution in [2.45, 2.75) is 70.5 Å². The smallest absolute Gasteiger partial charge is 0.111 e. The lowest BCUT2D eigenvalue weighted by molar-refractivity contribution is 0.0675. The molecule has 1 saturated carbocycles. The van der Waals surface area contributed by atoms with Gasteiger partial charge in [0.1, 0.15) is 5.67 Å². The average Bonchev–Trinajstić information content (AvgIpc) is 2.20. The fraction of sp³-hybridized carbons (Fsp3) is 1.00. The summed E-state index contributed by atoms with van der Waals surface area (Å²) in [6, 6.07) is 0.251. The third-order valence-electron chi connectivity index (χ3n) is 3.74. The zero-order valence-corrected chi connectivity index (χ0v) is 9.56. The Morgan fingerprint density at radius 1 is 1.29 bits per heavy atom. The van der Waals surface area contributed by atoms with Crippen molar-refractivity contribution in [2.75, 3.05) is 0 Å². The summed E-state index contributed by atoms with van der Waals surface area (Å²) >= 11 is 0. The van der Waals surface area contributed by atoms with Gasteiger partial charge in [0.15, 0.2) is 0 Å². The van der Waals surface area contributed by atoms with Gasteiger partial charge in [-0.2, -0.15) is 0 Å². The fourth-order valence-corrected chi connectivity index (χ4v) is 2.46. The maximum absolute atomic E-state index is 14.3. The van der Waals surface area contributed by atoms with Crippen molar-refractivity contribution in [3.8, 4) is 0 Å². The van der Waals surface area contributed by atoms with Gasteiger partial charge in [-0.3, -0.25) is 0 Å². The molecule has 0 bridgehead atoms. The van der Waals surface area contributed by atoms with Crippen LogP contribution in [0.5, 0.6) is 0 Å². The lowest BCUT2D eigenvalue weighted by Crippen LogP contribution is -2.36. The minimum Gasteiger partial charge on any atom is -0.328 e. The molecule has 0 aliphatic heterocycles. The molecule has 0 unspecified atom stereocenters. The molecule has 84 valence electrons. The van der Waals surface area contributed by atoms with Crippen LogP contribution in [0.1, 0.15) is 58.8 Å². The van der Waals surface area contributed by atoms with Crippen LogP contribution in [0, 0.1) is 5.92 Å². The van der Waals surface area contributed by atoms with E-state index in [4.69, 9.17) is 5.73 Å². The predicted octanol–water partition coefficient (Wildman–Crippen LogP) is 3.42. The van der Waals surface area contributed by atoms with Crippen molar-refractivity contribution in [3.63, 3.8) is 0 Å². The van der Waals surface area contributed by atoms with Crippen LogP contribution >= 0.6 is 0 Å². The Kier molecular flexibility index (Phi) is 4.36. The van der Waals surface area contributed by atoms with Crippen molar-refractivity contribution in [3.05, 3.63) is 0 Å². The van der Waals surface area contributed by atoms with Crippen molar-refractivity contribution in [1.29, 1.82) is 0 Å². The first-order valence-electron chi connectivity index (χ1n) is 6.04. The van der Waals surface area contributed by atoms with E-state index in [2.05, 4.69) is 13.8 Å². The van der Waals surface area contributed by atoms with Crippen molar-refractivity contribution >= 4 is 0 Å². The molecule has 1 rings (SSSR count). The molecule has 0 spiro atoms. The predicted molar refractivity (Wildman–Crippen MR) is 59.0 cm³/mol. The second kappa shape index (κ2) is 5.11. The van der Waals surface area contributed by atoms with E-state index in [9.17, 15) is 4.39 Å². The molecule has 1 aliphatic rings. The molecule has 0 atom stereocenters. The minimum absolute atomic E-state index is 0.251. The molecular formula is C12H24FN. The Bertz CT molecular complexity index is 158. The third kappa shape index (κ3) is 3.23. The Morgan fingerprint density at radius 3 is 2.21 bits per heavy atom. The summed E-state index contributed by atoms with van der Waals surface area (Å²) in [5.74, 6) is 0.564. The molecule has 0 aromatic rings. The van der Waals surface area contributed by atoms with E-state index >= 15 is 0 Å². The standard InChI is InChI=1S/C12H24FN/c1-3-10(4-2)9-12(13)7-5-11(14)6-8-12/h10-11H,3-9,14H2,1-2H3. The highest BCUT2D eigenvalue weighted by Crippen LogP contribution is 2.37. The van der Waals surface area contributed by atoms with Crippen LogP contribution in [-0.4, -0.2) is 11.7 Å². The summed E-state index contributed by atoms with van der Waals surface area (Å²) < 4.78 is 14.3. The van der Waals surface area contributed by atoms with Crippen molar-refractivity contribution in [1.82, 2.24) is 0 Å². The summed E-state index contributed by atoms with van der Waals surface area (Å²) in [5, 5.41) is 0. The fourth-order valence-electron chi connectivity index (χ4n) is 2.46. The van der Waals surface area contributed by atoms with Crippen LogP contribution in [0.3, 0.4) is 0 Å². The molecule has 0 saturated heterocycles. The van der Waals surface area contributed by atoms with Crippen molar-refractivity contribution < 1.29 is 4.39 Å². The molecule has 0 amide bonds. The molecule has 2 heteroatoms. The molecular weight excluding hydrogens is 177 g/mol. The highest BCUT2D eigenvalue weighted by atomic mass is 19.1. The van der Waals surface area contributed by atoms with Gasteiger partial charge in [0.2, 0.25) is 0 Å². The highest BCUT2D eigenvalue weighted by molar-refractivity contribution is 4.88. The lowest BCUT2D eigenvalue weighted by atomic mass is 9.77. The molecule has 14 heavy (non-hydrogen) atoms. The SMILES string of the molecule is CCC(CC)CC1(F)CCC(N)CC1. The topological polar surface area (TPSA) is 26.0 Å². The van der Waals surface area contributed by atoms with E-state index in [0.29, 0.717) is 18.8 Å². The number of alkyl halides is 1. The van der Waals surface area contributed by atoms with Gasteiger partial charge < -0.3 is 5.73 Å². The van der Waals surface area contributed by atoms with Gasteiger partial charge in [-0.1, -0.05) is 26.7 Å². The molecule has 1 fully saturated rings. The summed E-state index contributed by atoms with van der Waals surface area (Å²) in [4.78, 5) is 0. The van der Waals surface area contributed by atoms with Gasteiger partial charge in [-0.25, -0.2) is 4.39 Å². The molecule has 0 aromatic carbocycles. The third-order valence-corrected chi connectivity index (χ3v) is 3.74. The van der Waals surface area contributed by atoms with Gasteiger partial charge >= 0.3 is 0 Å². The van der Waals surface area contributed by atoms with Gasteiger partial charge in [-0.15, -0.1) is 0 Å². The van der Waals surface area contributed by atoms with Crippen LogP contribution in [0.25, 0.3) is 0 Å². The first-order valence-corrected chi connectivity index (χ1v) is 6.04. The number of hydrogen-bond donors (Lipinski definition) is 1. The lowest BCUT2D eigenvalue weighted by Gasteiger charge is -2.34. The Balaban J connectivity index is 2.41. The zero-order chi connectivity index (χ0) is 10.6.